The van der Waals surface area contributed by atoms with Crippen LogP contribution in [-0.4, -0.2) is 59.2 Å². The minimum absolute atomic E-state index is 0.0230. The molecule has 0 aliphatic carbocycles. The number of amides is 1. The Hall–Kier alpha value is -2.22. The van der Waals surface area contributed by atoms with Crippen LogP contribution in [0.3, 0.4) is 0 Å². The van der Waals surface area contributed by atoms with Crippen LogP contribution in [0.2, 0.25) is 0 Å². The molecule has 7 nitrogen and oxygen atoms in total. The van der Waals surface area contributed by atoms with Crippen molar-refractivity contribution in [3.63, 3.8) is 0 Å². The first kappa shape index (κ1) is 18.2. The predicted molar refractivity (Wildman–Crippen MR) is 101 cm³/mol. The molecule has 4 rings (SSSR count). The molecule has 1 spiro atoms. The van der Waals surface area contributed by atoms with Gasteiger partial charge in [0, 0.05) is 32.0 Å². The number of piperidine rings is 1. The summed E-state index contributed by atoms with van der Waals surface area (Å²) in [6.07, 6.45) is 3.34. The molecule has 1 aromatic carbocycles. The molecule has 0 atom stereocenters. The van der Waals surface area contributed by atoms with Crippen LogP contribution >= 0.6 is 0 Å². The number of rotatable bonds is 5. The fraction of sp³-hybridized carbons (Fsp3) is 0.500. The minimum atomic E-state index is -0.403. The largest absolute Gasteiger partial charge is 0.347 e. The molecule has 144 valence electrons. The normalized spacial score (nSPS) is 19.4. The Morgan fingerprint density at radius 2 is 2.00 bits per heavy atom. The Balaban J connectivity index is 1.31. The van der Waals surface area contributed by atoms with E-state index < -0.39 is 5.79 Å². The first-order valence-corrected chi connectivity index (χ1v) is 9.49. The Morgan fingerprint density at radius 3 is 2.74 bits per heavy atom. The van der Waals surface area contributed by atoms with E-state index in [4.69, 9.17) is 9.47 Å². The van der Waals surface area contributed by atoms with Gasteiger partial charge in [0.25, 0.3) is 0 Å². The quantitative estimate of drug-likeness (QED) is 0.872. The molecule has 2 aliphatic heterocycles. The lowest BCUT2D eigenvalue weighted by Gasteiger charge is -2.37. The van der Waals surface area contributed by atoms with Gasteiger partial charge in [0.05, 0.1) is 32.5 Å². The standard InChI is InChI=1S/C20H26N4O3/c1-16-3-2-4-17(13-16)14-24-18(5-8-21-24)22-19(25)15-23-9-6-20(7-10-23)26-11-12-27-20/h2-5,8,13H,6-7,9-12,14-15H2,1H3,(H,22,25). The van der Waals surface area contributed by atoms with Crippen molar-refractivity contribution >= 4 is 11.7 Å². The number of carbonyl (C=O) groups excluding carboxylic acids is 1. The van der Waals surface area contributed by atoms with Gasteiger partial charge in [-0.3, -0.25) is 9.69 Å². The highest BCUT2D eigenvalue weighted by atomic mass is 16.7. The molecule has 1 amide bonds. The Bertz CT molecular complexity index is 788. The maximum Gasteiger partial charge on any atom is 0.239 e. The number of hydrogen-bond acceptors (Lipinski definition) is 5. The van der Waals surface area contributed by atoms with Crippen molar-refractivity contribution in [2.45, 2.75) is 32.1 Å². The number of ether oxygens (including phenoxy) is 2. The highest BCUT2D eigenvalue weighted by Crippen LogP contribution is 2.31. The van der Waals surface area contributed by atoms with Crippen LogP contribution < -0.4 is 5.32 Å². The average molecular weight is 370 g/mol. The summed E-state index contributed by atoms with van der Waals surface area (Å²) < 4.78 is 13.3. The summed E-state index contributed by atoms with van der Waals surface area (Å²) in [7, 11) is 0. The second-order valence-electron chi connectivity index (χ2n) is 7.30. The topological polar surface area (TPSA) is 68.6 Å². The van der Waals surface area contributed by atoms with Gasteiger partial charge in [-0.15, -0.1) is 0 Å². The summed E-state index contributed by atoms with van der Waals surface area (Å²) in [5, 5.41) is 7.34. The zero-order chi connectivity index (χ0) is 18.7. The average Bonchev–Trinajstić information content (AvgIpc) is 3.28. The van der Waals surface area contributed by atoms with E-state index in [1.165, 1.54) is 5.56 Å². The summed E-state index contributed by atoms with van der Waals surface area (Å²) >= 11 is 0. The summed E-state index contributed by atoms with van der Waals surface area (Å²) in [6, 6.07) is 10.1. The van der Waals surface area contributed by atoms with Crippen LogP contribution in [-0.2, 0) is 20.8 Å². The van der Waals surface area contributed by atoms with Crippen LogP contribution in [0.4, 0.5) is 5.82 Å². The maximum atomic E-state index is 12.5. The van der Waals surface area contributed by atoms with E-state index in [2.05, 4.69) is 40.4 Å². The lowest BCUT2D eigenvalue weighted by atomic mass is 10.0. The van der Waals surface area contributed by atoms with Gasteiger partial charge >= 0.3 is 0 Å². The van der Waals surface area contributed by atoms with Gasteiger partial charge in [-0.2, -0.15) is 5.10 Å². The molecule has 1 N–H and O–H groups in total. The third-order valence-electron chi connectivity index (χ3n) is 5.20. The molecule has 3 heterocycles. The zero-order valence-electron chi connectivity index (χ0n) is 15.7. The lowest BCUT2D eigenvalue weighted by Crippen LogP contribution is -2.47. The third kappa shape index (κ3) is 4.37. The number of anilines is 1. The highest BCUT2D eigenvalue weighted by Gasteiger charge is 2.39. The van der Waals surface area contributed by atoms with E-state index in [-0.39, 0.29) is 5.91 Å². The zero-order valence-corrected chi connectivity index (χ0v) is 15.7. The number of nitrogens with one attached hydrogen (secondary N) is 1. The minimum Gasteiger partial charge on any atom is -0.347 e. The summed E-state index contributed by atoms with van der Waals surface area (Å²) in [5.41, 5.74) is 2.37. The first-order chi connectivity index (χ1) is 13.1. The van der Waals surface area contributed by atoms with Crippen LogP contribution in [0.25, 0.3) is 0 Å². The van der Waals surface area contributed by atoms with E-state index in [1.54, 1.807) is 6.20 Å². The molecule has 0 unspecified atom stereocenters. The van der Waals surface area contributed by atoms with Crippen molar-refractivity contribution in [3.05, 3.63) is 47.7 Å². The second-order valence-corrected chi connectivity index (χ2v) is 7.30. The Morgan fingerprint density at radius 1 is 1.22 bits per heavy atom. The molecule has 2 aliphatic rings. The number of benzene rings is 1. The van der Waals surface area contributed by atoms with Gasteiger partial charge in [0.15, 0.2) is 5.79 Å². The van der Waals surface area contributed by atoms with Crippen molar-refractivity contribution in [2.24, 2.45) is 0 Å². The van der Waals surface area contributed by atoms with Crippen molar-refractivity contribution < 1.29 is 14.3 Å². The van der Waals surface area contributed by atoms with Gasteiger partial charge in [0.2, 0.25) is 5.91 Å². The summed E-state index contributed by atoms with van der Waals surface area (Å²) in [5.74, 6) is 0.294. The predicted octanol–water partition coefficient (Wildman–Crippen LogP) is 2.02. The molecule has 2 saturated heterocycles. The molecule has 2 fully saturated rings. The molecule has 2 aromatic rings. The number of nitrogens with zero attached hydrogens (tertiary/aromatic N) is 3. The van der Waals surface area contributed by atoms with Crippen LogP contribution in [0.15, 0.2) is 36.5 Å². The van der Waals surface area contributed by atoms with Crippen LogP contribution in [0.5, 0.6) is 0 Å². The molecule has 7 heteroatoms. The maximum absolute atomic E-state index is 12.5. The van der Waals surface area contributed by atoms with Crippen LogP contribution in [0, 0.1) is 6.92 Å². The molecule has 1 aromatic heterocycles. The second kappa shape index (κ2) is 7.80. The van der Waals surface area contributed by atoms with Crippen molar-refractivity contribution in [3.8, 4) is 0 Å². The highest BCUT2D eigenvalue weighted by molar-refractivity contribution is 5.91. The van der Waals surface area contributed by atoms with Crippen molar-refractivity contribution in [1.82, 2.24) is 14.7 Å². The Labute approximate surface area is 159 Å². The number of likely N-dealkylation sites (tertiary alicyclic amines) is 1. The van der Waals surface area contributed by atoms with E-state index in [1.807, 2.05) is 16.8 Å². The lowest BCUT2D eigenvalue weighted by molar-refractivity contribution is -0.185. The SMILES string of the molecule is Cc1cccc(Cn2nccc2NC(=O)CN2CCC3(CC2)OCCO3)c1. The molecule has 0 saturated carbocycles. The third-order valence-corrected chi connectivity index (χ3v) is 5.20. The molecule has 0 bridgehead atoms. The van der Waals surface area contributed by atoms with Gasteiger partial charge < -0.3 is 14.8 Å². The van der Waals surface area contributed by atoms with Gasteiger partial charge in [0.1, 0.15) is 5.82 Å². The number of aryl methyl sites for hydroxylation is 1. The van der Waals surface area contributed by atoms with Gasteiger partial charge in [-0.1, -0.05) is 29.8 Å². The fourth-order valence-corrected chi connectivity index (χ4v) is 3.77. The van der Waals surface area contributed by atoms with Crippen molar-refractivity contribution in [2.75, 3.05) is 38.2 Å². The van der Waals surface area contributed by atoms with Gasteiger partial charge in [-0.05, 0) is 12.5 Å². The fourth-order valence-electron chi connectivity index (χ4n) is 3.77. The monoisotopic (exact) mass is 370 g/mol. The smallest absolute Gasteiger partial charge is 0.239 e. The van der Waals surface area contributed by atoms with E-state index >= 15 is 0 Å². The first-order valence-electron chi connectivity index (χ1n) is 9.49. The molecule has 27 heavy (non-hydrogen) atoms. The summed E-state index contributed by atoms with van der Waals surface area (Å²) in [6.45, 7) is 6.01. The van der Waals surface area contributed by atoms with E-state index in [9.17, 15) is 4.79 Å². The number of aromatic nitrogens is 2. The number of hydrogen-bond donors (Lipinski definition) is 1. The van der Waals surface area contributed by atoms with E-state index in [0.29, 0.717) is 26.3 Å². The molecule has 0 radical (unpaired) electrons. The Kier molecular flexibility index (Phi) is 5.24. The number of carbonyl (C=O) groups is 1. The molecular formula is C20H26N4O3. The summed E-state index contributed by atoms with van der Waals surface area (Å²) in [4.78, 5) is 14.6. The van der Waals surface area contributed by atoms with Gasteiger partial charge in [-0.25, -0.2) is 4.68 Å². The van der Waals surface area contributed by atoms with Crippen LogP contribution in [0.1, 0.15) is 24.0 Å². The van der Waals surface area contributed by atoms with Crippen molar-refractivity contribution in [1.29, 1.82) is 0 Å². The van der Waals surface area contributed by atoms with E-state index in [0.717, 1.165) is 37.3 Å². The molecular weight excluding hydrogens is 344 g/mol.